The Kier molecular flexibility index (Phi) is 4.55. The minimum absolute atomic E-state index is 0.0962. The minimum atomic E-state index is -3.93. The van der Waals surface area contributed by atoms with Crippen LogP contribution in [0.2, 0.25) is 0 Å². The summed E-state index contributed by atoms with van der Waals surface area (Å²) in [4.78, 5) is 30.3. The van der Waals surface area contributed by atoms with Crippen LogP contribution in [0, 0.1) is 6.92 Å². The van der Waals surface area contributed by atoms with Crippen molar-refractivity contribution in [2.75, 3.05) is 6.54 Å². The van der Waals surface area contributed by atoms with E-state index in [0.717, 1.165) is 24.8 Å². The van der Waals surface area contributed by atoms with Crippen molar-refractivity contribution in [3.63, 3.8) is 0 Å². The van der Waals surface area contributed by atoms with Crippen molar-refractivity contribution in [3.05, 3.63) is 41.0 Å². The molecule has 0 spiro atoms. The number of hydrazine groups is 1. The van der Waals surface area contributed by atoms with Crippen LogP contribution in [-0.2, 0) is 19.6 Å². The lowest BCUT2D eigenvalue weighted by molar-refractivity contribution is -0.138. The molecule has 0 bridgehead atoms. The van der Waals surface area contributed by atoms with Gasteiger partial charge in [0.1, 0.15) is 6.17 Å². The number of benzene rings is 1. The van der Waals surface area contributed by atoms with E-state index in [-0.39, 0.29) is 16.7 Å². The third kappa shape index (κ3) is 3.17. The van der Waals surface area contributed by atoms with Crippen LogP contribution >= 0.6 is 0 Å². The van der Waals surface area contributed by atoms with Gasteiger partial charge in [0, 0.05) is 17.7 Å². The number of hydrogen-bond donors (Lipinski definition) is 1. The van der Waals surface area contributed by atoms with Crippen molar-refractivity contribution in [2.45, 2.75) is 56.5 Å². The van der Waals surface area contributed by atoms with Gasteiger partial charge in [0.2, 0.25) is 0 Å². The Morgan fingerprint density at radius 1 is 0.963 bits per heavy atom. The lowest BCUT2D eigenvalue weighted by atomic mass is 9.90. The van der Waals surface area contributed by atoms with Crippen molar-refractivity contribution in [2.24, 2.45) is 0 Å². The number of carbonyl (C=O) groups is 2. The molecule has 0 radical (unpaired) electrons. The molecule has 8 heteroatoms. The van der Waals surface area contributed by atoms with Crippen LogP contribution in [0.4, 0.5) is 0 Å². The molecule has 144 valence electrons. The second kappa shape index (κ2) is 6.76. The molecule has 1 N–H and O–H groups in total. The molecule has 1 aromatic carbocycles. The summed E-state index contributed by atoms with van der Waals surface area (Å²) in [6.45, 7) is 2.41. The highest BCUT2D eigenvalue weighted by molar-refractivity contribution is 7.89. The van der Waals surface area contributed by atoms with Gasteiger partial charge < -0.3 is 4.90 Å². The van der Waals surface area contributed by atoms with Gasteiger partial charge in [-0.05, 0) is 57.6 Å². The summed E-state index contributed by atoms with van der Waals surface area (Å²) in [5.74, 6) is -0.499. The fraction of sp³-hybridized carbons (Fsp3) is 0.474. The molecule has 0 aromatic heterocycles. The van der Waals surface area contributed by atoms with Crippen molar-refractivity contribution in [3.8, 4) is 0 Å². The SMILES string of the molecule is Cc1ccc(S(=O)(=O)NN2C(=O)C3=C(CCCC3)C(=O)N3CCCC32)cc1. The van der Waals surface area contributed by atoms with E-state index >= 15 is 0 Å². The molecule has 1 fully saturated rings. The lowest BCUT2D eigenvalue weighted by Gasteiger charge is -2.32. The van der Waals surface area contributed by atoms with E-state index in [1.807, 2.05) is 6.92 Å². The Bertz CT molecular complexity index is 921. The highest BCUT2D eigenvalue weighted by Crippen LogP contribution is 2.34. The lowest BCUT2D eigenvalue weighted by Crippen LogP contribution is -2.56. The molecule has 4 rings (SSSR count). The summed E-state index contributed by atoms with van der Waals surface area (Å²) in [6.07, 6.45) is 3.55. The van der Waals surface area contributed by atoms with E-state index in [4.69, 9.17) is 0 Å². The van der Waals surface area contributed by atoms with Crippen LogP contribution in [-0.4, -0.2) is 42.9 Å². The molecule has 1 aromatic rings. The highest BCUT2D eigenvalue weighted by atomic mass is 32.2. The number of nitrogens with one attached hydrogen (secondary N) is 1. The van der Waals surface area contributed by atoms with Crippen LogP contribution in [0.3, 0.4) is 0 Å². The van der Waals surface area contributed by atoms with Crippen molar-refractivity contribution >= 4 is 21.8 Å². The molecule has 2 aliphatic heterocycles. The van der Waals surface area contributed by atoms with E-state index in [2.05, 4.69) is 4.83 Å². The Morgan fingerprint density at radius 2 is 1.59 bits per heavy atom. The highest BCUT2D eigenvalue weighted by Gasteiger charge is 2.44. The third-order valence-corrected chi connectivity index (χ3v) is 6.86. The van der Waals surface area contributed by atoms with Gasteiger partial charge in [-0.3, -0.25) is 9.59 Å². The van der Waals surface area contributed by atoms with Crippen molar-refractivity contribution < 1.29 is 18.0 Å². The molecule has 1 atom stereocenters. The molecule has 1 unspecified atom stereocenters. The molecule has 3 aliphatic rings. The van der Waals surface area contributed by atoms with Gasteiger partial charge in [0.25, 0.3) is 21.8 Å². The predicted octanol–water partition coefficient (Wildman–Crippen LogP) is 1.85. The van der Waals surface area contributed by atoms with Gasteiger partial charge in [-0.1, -0.05) is 17.7 Å². The van der Waals surface area contributed by atoms with Gasteiger partial charge in [0.05, 0.1) is 4.90 Å². The Labute approximate surface area is 159 Å². The maximum Gasteiger partial charge on any atom is 0.267 e. The number of rotatable bonds is 3. The first-order valence-electron chi connectivity index (χ1n) is 9.34. The fourth-order valence-corrected chi connectivity index (χ4v) is 5.15. The maximum absolute atomic E-state index is 13.2. The summed E-state index contributed by atoms with van der Waals surface area (Å²) in [7, 11) is -3.93. The Hall–Kier alpha value is -2.19. The Balaban J connectivity index is 1.72. The second-order valence-corrected chi connectivity index (χ2v) is 9.03. The average Bonchev–Trinajstić information content (AvgIpc) is 3.12. The first-order chi connectivity index (χ1) is 12.9. The molecular weight excluding hydrogens is 366 g/mol. The zero-order valence-electron chi connectivity index (χ0n) is 15.3. The largest absolute Gasteiger partial charge is 0.317 e. The number of sulfonamides is 1. The number of nitrogens with zero attached hydrogens (tertiary/aromatic N) is 2. The first kappa shape index (κ1) is 18.2. The van der Waals surface area contributed by atoms with Gasteiger partial charge in [-0.25, -0.2) is 13.4 Å². The van der Waals surface area contributed by atoms with Gasteiger partial charge in [0.15, 0.2) is 0 Å². The quantitative estimate of drug-likeness (QED) is 0.855. The maximum atomic E-state index is 13.2. The van der Waals surface area contributed by atoms with E-state index in [9.17, 15) is 18.0 Å². The number of hydrogen-bond acceptors (Lipinski definition) is 4. The molecule has 7 nitrogen and oxygen atoms in total. The zero-order chi connectivity index (χ0) is 19.2. The predicted molar refractivity (Wildman–Crippen MR) is 98.6 cm³/mol. The van der Waals surface area contributed by atoms with E-state index in [1.165, 1.54) is 17.1 Å². The molecule has 1 saturated heterocycles. The van der Waals surface area contributed by atoms with Crippen LogP contribution < -0.4 is 4.83 Å². The van der Waals surface area contributed by atoms with Gasteiger partial charge >= 0.3 is 0 Å². The third-order valence-electron chi connectivity index (χ3n) is 5.53. The molecule has 27 heavy (non-hydrogen) atoms. The molecule has 0 saturated carbocycles. The summed E-state index contributed by atoms with van der Waals surface area (Å²) in [6, 6.07) is 6.46. The molecule has 1 aliphatic carbocycles. The van der Waals surface area contributed by atoms with Crippen LogP contribution in [0.25, 0.3) is 0 Å². The number of aryl methyl sites for hydroxylation is 1. The zero-order valence-corrected chi connectivity index (χ0v) is 16.1. The number of carbonyl (C=O) groups excluding carboxylic acids is 2. The summed E-state index contributed by atoms with van der Waals surface area (Å²) >= 11 is 0. The topological polar surface area (TPSA) is 86.8 Å². The number of fused-ring (bicyclic) bond motifs is 1. The van der Waals surface area contributed by atoms with Gasteiger partial charge in [-0.15, -0.1) is 4.83 Å². The average molecular weight is 389 g/mol. The fourth-order valence-electron chi connectivity index (χ4n) is 4.09. The van der Waals surface area contributed by atoms with E-state index < -0.39 is 16.2 Å². The van der Waals surface area contributed by atoms with Crippen LogP contribution in [0.1, 0.15) is 44.1 Å². The van der Waals surface area contributed by atoms with E-state index in [0.29, 0.717) is 37.0 Å². The normalized spacial score (nSPS) is 23.4. The first-order valence-corrected chi connectivity index (χ1v) is 10.8. The number of amides is 2. The monoisotopic (exact) mass is 389 g/mol. The standard InChI is InChI=1S/C19H23N3O4S/c1-13-8-10-14(11-9-13)27(25,26)20-22-17-7-4-12-21(17)18(23)15-5-2-3-6-16(15)19(22)24/h8-11,17,20H,2-7,12H2,1H3. The summed E-state index contributed by atoms with van der Waals surface area (Å²) < 4.78 is 25.8. The molecular formula is C19H23N3O4S. The summed E-state index contributed by atoms with van der Waals surface area (Å²) in [5, 5.41) is 1.17. The van der Waals surface area contributed by atoms with Crippen LogP contribution in [0.15, 0.2) is 40.3 Å². The van der Waals surface area contributed by atoms with Crippen LogP contribution in [0.5, 0.6) is 0 Å². The van der Waals surface area contributed by atoms with Crippen molar-refractivity contribution in [1.29, 1.82) is 0 Å². The summed E-state index contributed by atoms with van der Waals surface area (Å²) in [5.41, 5.74) is 1.98. The second-order valence-electron chi connectivity index (χ2n) is 7.37. The molecule has 2 amide bonds. The smallest absolute Gasteiger partial charge is 0.267 e. The van der Waals surface area contributed by atoms with E-state index in [1.54, 1.807) is 17.0 Å². The Morgan fingerprint density at radius 3 is 2.26 bits per heavy atom. The van der Waals surface area contributed by atoms with Gasteiger partial charge in [-0.2, -0.15) is 0 Å². The van der Waals surface area contributed by atoms with Crippen molar-refractivity contribution in [1.82, 2.24) is 14.7 Å². The minimum Gasteiger partial charge on any atom is -0.317 e. The molecule has 2 heterocycles.